The fraction of sp³-hybridized carbons (Fsp3) is 0.250. The maximum atomic E-state index is 12.9. The van der Waals surface area contributed by atoms with Gasteiger partial charge >= 0.3 is 0 Å². The number of thiol groups is 1. The number of hydrogen-bond donors (Lipinski definition) is 1. The first kappa shape index (κ1) is 8.40. The van der Waals surface area contributed by atoms with Gasteiger partial charge in [-0.2, -0.15) is 12.6 Å². The number of rotatable bonds is 2. The normalized spacial score (nSPS) is 9.73. The number of hydrogen-bond acceptors (Lipinski definition) is 2. The lowest BCUT2D eigenvalue weighted by Gasteiger charge is -2.05. The van der Waals surface area contributed by atoms with Crippen molar-refractivity contribution in [1.82, 2.24) is 0 Å². The molecule has 3 heteroatoms. The molecule has 0 heterocycles. The molecule has 60 valence electrons. The lowest BCUT2D eigenvalue weighted by atomic mass is 10.2. The first-order valence-corrected chi connectivity index (χ1v) is 3.85. The largest absolute Gasteiger partial charge is 0.496 e. The molecule has 0 aromatic heterocycles. The van der Waals surface area contributed by atoms with Crippen LogP contribution in [-0.4, -0.2) is 7.11 Å². The number of ether oxygens (including phenoxy) is 1. The predicted octanol–water partition coefficient (Wildman–Crippen LogP) is 2.26. The van der Waals surface area contributed by atoms with E-state index < -0.39 is 0 Å². The molecule has 0 atom stereocenters. The van der Waals surface area contributed by atoms with Crippen molar-refractivity contribution in [3.8, 4) is 5.75 Å². The number of methoxy groups -OCH3 is 1. The summed E-state index contributed by atoms with van der Waals surface area (Å²) in [5.41, 5.74) is 0.512. The Balaban J connectivity index is 3.13. The molecule has 1 aromatic carbocycles. The van der Waals surface area contributed by atoms with Gasteiger partial charge in [0, 0.05) is 11.3 Å². The van der Waals surface area contributed by atoms with Gasteiger partial charge in [0.05, 0.1) is 7.11 Å². The predicted molar refractivity (Wildman–Crippen MR) is 45.6 cm³/mol. The minimum Gasteiger partial charge on any atom is -0.496 e. The zero-order valence-corrected chi connectivity index (χ0v) is 7.07. The Hall–Kier alpha value is -0.700. The van der Waals surface area contributed by atoms with Crippen molar-refractivity contribution in [2.24, 2.45) is 0 Å². The summed E-state index contributed by atoms with van der Waals surface area (Å²) in [6.45, 7) is 0. The smallest absolute Gasteiger partial charge is 0.130 e. The summed E-state index contributed by atoms with van der Waals surface area (Å²) in [6, 6.07) is 4.73. The van der Waals surface area contributed by atoms with Gasteiger partial charge in [0.25, 0.3) is 0 Å². The topological polar surface area (TPSA) is 9.23 Å². The van der Waals surface area contributed by atoms with Crippen LogP contribution in [-0.2, 0) is 5.75 Å². The highest BCUT2D eigenvalue weighted by atomic mass is 32.1. The molecular weight excluding hydrogens is 163 g/mol. The van der Waals surface area contributed by atoms with E-state index in [4.69, 9.17) is 4.74 Å². The highest BCUT2D eigenvalue weighted by Gasteiger charge is 2.05. The first-order valence-electron chi connectivity index (χ1n) is 3.22. The molecule has 0 unspecified atom stereocenters. The van der Waals surface area contributed by atoms with Gasteiger partial charge in [-0.05, 0) is 12.1 Å². The zero-order valence-electron chi connectivity index (χ0n) is 6.17. The molecule has 0 aliphatic carbocycles. The maximum absolute atomic E-state index is 12.9. The molecule has 1 aromatic rings. The summed E-state index contributed by atoms with van der Waals surface area (Å²) < 4.78 is 17.8. The highest BCUT2D eigenvalue weighted by molar-refractivity contribution is 7.79. The fourth-order valence-electron chi connectivity index (χ4n) is 0.884. The van der Waals surface area contributed by atoms with E-state index in [9.17, 15) is 4.39 Å². The summed E-state index contributed by atoms with van der Waals surface area (Å²) in [5, 5.41) is 0. The van der Waals surface area contributed by atoms with E-state index in [-0.39, 0.29) is 5.82 Å². The fourth-order valence-corrected chi connectivity index (χ4v) is 1.19. The summed E-state index contributed by atoms with van der Waals surface area (Å²) in [4.78, 5) is 0. The van der Waals surface area contributed by atoms with Crippen LogP contribution < -0.4 is 4.74 Å². The van der Waals surface area contributed by atoms with Crippen molar-refractivity contribution in [3.05, 3.63) is 29.6 Å². The second-order valence-corrected chi connectivity index (χ2v) is 2.39. The van der Waals surface area contributed by atoms with Gasteiger partial charge in [-0.1, -0.05) is 6.07 Å². The van der Waals surface area contributed by atoms with Crippen molar-refractivity contribution in [2.75, 3.05) is 7.11 Å². The van der Waals surface area contributed by atoms with Gasteiger partial charge in [0.2, 0.25) is 0 Å². The second kappa shape index (κ2) is 3.62. The van der Waals surface area contributed by atoms with Crippen LogP contribution in [0.3, 0.4) is 0 Å². The van der Waals surface area contributed by atoms with Crippen LogP contribution in [0, 0.1) is 5.82 Å². The van der Waals surface area contributed by atoms with Crippen molar-refractivity contribution in [1.29, 1.82) is 0 Å². The molecule has 0 saturated carbocycles. The van der Waals surface area contributed by atoms with E-state index in [2.05, 4.69) is 12.6 Å². The molecule has 0 fully saturated rings. The standard InChI is InChI=1S/C8H9FOS/c1-10-8-4-2-3-7(9)6(8)5-11/h2-4,11H,5H2,1H3. The van der Waals surface area contributed by atoms with E-state index in [1.165, 1.54) is 13.2 Å². The molecule has 0 N–H and O–H groups in total. The molecule has 1 nitrogen and oxygen atoms in total. The molecular formula is C8H9FOS. The van der Waals surface area contributed by atoms with Crippen molar-refractivity contribution >= 4 is 12.6 Å². The van der Waals surface area contributed by atoms with Crippen LogP contribution in [0.4, 0.5) is 4.39 Å². The van der Waals surface area contributed by atoms with Crippen LogP contribution in [0.15, 0.2) is 18.2 Å². The van der Waals surface area contributed by atoms with Crippen LogP contribution >= 0.6 is 12.6 Å². The summed E-state index contributed by atoms with van der Waals surface area (Å²) in [5.74, 6) is 0.648. The third kappa shape index (κ3) is 1.66. The Morgan fingerprint density at radius 2 is 2.27 bits per heavy atom. The van der Waals surface area contributed by atoms with Gasteiger partial charge in [0.1, 0.15) is 11.6 Å². The molecule has 11 heavy (non-hydrogen) atoms. The van der Waals surface area contributed by atoms with Gasteiger partial charge in [-0.25, -0.2) is 4.39 Å². The Labute approximate surface area is 70.6 Å². The third-order valence-electron chi connectivity index (χ3n) is 1.45. The lowest BCUT2D eigenvalue weighted by Crippen LogP contribution is -1.92. The third-order valence-corrected chi connectivity index (χ3v) is 1.77. The van der Waals surface area contributed by atoms with Crippen LogP contribution in [0.1, 0.15) is 5.56 Å². The van der Waals surface area contributed by atoms with Crippen LogP contribution in [0.25, 0.3) is 0 Å². The van der Waals surface area contributed by atoms with Crippen molar-refractivity contribution < 1.29 is 9.13 Å². The first-order chi connectivity index (χ1) is 5.29. The van der Waals surface area contributed by atoms with E-state index in [0.29, 0.717) is 17.1 Å². The monoisotopic (exact) mass is 172 g/mol. The SMILES string of the molecule is COc1cccc(F)c1CS. The molecule has 0 aliphatic heterocycles. The van der Waals surface area contributed by atoms with Crippen molar-refractivity contribution in [2.45, 2.75) is 5.75 Å². The number of benzene rings is 1. The average Bonchev–Trinajstić information content (AvgIpc) is 2.04. The van der Waals surface area contributed by atoms with E-state index in [1.54, 1.807) is 12.1 Å². The van der Waals surface area contributed by atoms with Gasteiger partial charge in [-0.3, -0.25) is 0 Å². The van der Waals surface area contributed by atoms with Crippen LogP contribution in [0.5, 0.6) is 5.75 Å². The van der Waals surface area contributed by atoms with Gasteiger partial charge in [0.15, 0.2) is 0 Å². The molecule has 1 rings (SSSR count). The summed E-state index contributed by atoms with van der Waals surface area (Å²) in [7, 11) is 1.52. The van der Waals surface area contributed by atoms with E-state index in [0.717, 1.165) is 0 Å². The Bertz CT molecular complexity index is 250. The van der Waals surface area contributed by atoms with E-state index in [1.807, 2.05) is 0 Å². The summed E-state index contributed by atoms with van der Waals surface area (Å²) in [6.07, 6.45) is 0. The molecule has 0 amide bonds. The quantitative estimate of drug-likeness (QED) is 0.673. The second-order valence-electron chi connectivity index (χ2n) is 2.08. The maximum Gasteiger partial charge on any atom is 0.130 e. The Morgan fingerprint density at radius 3 is 2.73 bits per heavy atom. The van der Waals surface area contributed by atoms with Crippen LogP contribution in [0.2, 0.25) is 0 Å². The highest BCUT2D eigenvalue weighted by Crippen LogP contribution is 2.22. The molecule has 0 radical (unpaired) electrons. The minimum atomic E-state index is -0.264. The average molecular weight is 172 g/mol. The Kier molecular flexibility index (Phi) is 2.76. The summed E-state index contributed by atoms with van der Waals surface area (Å²) >= 11 is 3.98. The zero-order chi connectivity index (χ0) is 8.27. The van der Waals surface area contributed by atoms with Crippen molar-refractivity contribution in [3.63, 3.8) is 0 Å². The Morgan fingerprint density at radius 1 is 1.55 bits per heavy atom. The molecule has 0 aliphatic rings. The molecule has 0 saturated heterocycles. The minimum absolute atomic E-state index is 0.264. The molecule has 0 bridgehead atoms. The van der Waals surface area contributed by atoms with E-state index >= 15 is 0 Å². The van der Waals surface area contributed by atoms with Gasteiger partial charge in [-0.15, -0.1) is 0 Å². The van der Waals surface area contributed by atoms with Gasteiger partial charge < -0.3 is 4.74 Å². The number of halogens is 1. The lowest BCUT2D eigenvalue weighted by molar-refractivity contribution is 0.407. The molecule has 0 spiro atoms.